The van der Waals surface area contributed by atoms with Crippen LogP contribution in [0.15, 0.2) is 65.8 Å². The van der Waals surface area contributed by atoms with Gasteiger partial charge in [-0.15, -0.1) is 0 Å². The van der Waals surface area contributed by atoms with Gasteiger partial charge in [-0.1, -0.05) is 42.5 Å². The molecule has 1 N–H and O–H groups in total. The zero-order valence-electron chi connectivity index (χ0n) is 11.0. The lowest BCUT2D eigenvalue weighted by molar-refractivity contribution is -0.173. The first-order valence-corrected chi connectivity index (χ1v) is 6.24. The molecule has 2 rings (SSSR count). The Kier molecular flexibility index (Phi) is 4.35. The molecule has 0 bridgehead atoms. The minimum Gasteiger partial charge on any atom is -0.375 e. The van der Waals surface area contributed by atoms with E-state index in [0.29, 0.717) is 5.69 Å². The lowest BCUT2D eigenvalue weighted by Crippen LogP contribution is -2.33. The first kappa shape index (κ1) is 16.2. The fourth-order valence-electron chi connectivity index (χ4n) is 2.11. The lowest BCUT2D eigenvalue weighted by atomic mass is 9.95. The Morgan fingerprint density at radius 2 is 1.45 bits per heavy atom. The summed E-state index contributed by atoms with van der Waals surface area (Å²) >= 11 is 0. The van der Waals surface area contributed by atoms with Gasteiger partial charge in [-0.2, -0.15) is 26.3 Å². The molecule has 0 spiro atoms. The van der Waals surface area contributed by atoms with Crippen molar-refractivity contribution in [2.24, 2.45) is 0 Å². The second kappa shape index (κ2) is 5.90. The molecule has 0 fully saturated rings. The van der Waals surface area contributed by atoms with E-state index in [4.69, 9.17) is 0 Å². The second-order valence-corrected chi connectivity index (χ2v) is 4.56. The van der Waals surface area contributed by atoms with E-state index < -0.39 is 29.5 Å². The molecule has 1 aromatic carbocycles. The number of halogens is 6. The standard InChI is InChI=1S/C15H11F6N/c16-14(17,18)13(15(19,20)21)11-8-4-5-9-12(11)22-10-6-2-1-3-7-10/h1-9,12,22H. The molecular weight excluding hydrogens is 308 g/mol. The van der Waals surface area contributed by atoms with Gasteiger partial charge in [0, 0.05) is 5.69 Å². The maximum atomic E-state index is 12.8. The maximum absolute atomic E-state index is 12.8. The van der Waals surface area contributed by atoms with Crippen LogP contribution in [-0.2, 0) is 0 Å². The van der Waals surface area contributed by atoms with Crippen LogP contribution < -0.4 is 5.32 Å². The highest BCUT2D eigenvalue weighted by atomic mass is 19.4. The molecule has 0 aromatic heterocycles. The van der Waals surface area contributed by atoms with Crippen molar-refractivity contribution in [3.63, 3.8) is 0 Å². The Labute approximate surface area is 122 Å². The molecule has 0 saturated carbocycles. The minimum atomic E-state index is -5.49. The van der Waals surface area contributed by atoms with Crippen LogP contribution >= 0.6 is 0 Å². The summed E-state index contributed by atoms with van der Waals surface area (Å²) in [6.45, 7) is 0. The lowest BCUT2D eigenvalue weighted by Gasteiger charge is -2.25. The van der Waals surface area contributed by atoms with Gasteiger partial charge in [0.15, 0.2) is 0 Å². The average molecular weight is 319 g/mol. The number of hydrogen-bond donors (Lipinski definition) is 1. The molecule has 0 aliphatic heterocycles. The number of rotatable bonds is 2. The Bertz CT molecular complexity index is 591. The smallest absolute Gasteiger partial charge is 0.375 e. The molecule has 7 heteroatoms. The average Bonchev–Trinajstić information content (AvgIpc) is 2.39. The van der Waals surface area contributed by atoms with Crippen LogP contribution in [0, 0.1) is 0 Å². The highest BCUT2D eigenvalue weighted by Gasteiger charge is 2.53. The van der Waals surface area contributed by atoms with Crippen LogP contribution in [0.3, 0.4) is 0 Å². The van der Waals surface area contributed by atoms with Crippen molar-refractivity contribution in [2.45, 2.75) is 18.4 Å². The van der Waals surface area contributed by atoms with Crippen molar-refractivity contribution >= 4 is 5.69 Å². The molecule has 1 aliphatic rings. The number of para-hydroxylation sites is 1. The molecule has 118 valence electrons. The summed E-state index contributed by atoms with van der Waals surface area (Å²) in [7, 11) is 0. The van der Waals surface area contributed by atoms with Crippen LogP contribution in [0.1, 0.15) is 0 Å². The Morgan fingerprint density at radius 1 is 0.864 bits per heavy atom. The summed E-state index contributed by atoms with van der Waals surface area (Å²) in [5.41, 5.74) is -2.92. The Morgan fingerprint density at radius 3 is 2.00 bits per heavy atom. The van der Waals surface area contributed by atoms with Gasteiger partial charge in [0.05, 0.1) is 6.04 Å². The molecule has 0 radical (unpaired) electrons. The number of hydrogen-bond acceptors (Lipinski definition) is 1. The zero-order valence-corrected chi connectivity index (χ0v) is 11.0. The summed E-state index contributed by atoms with van der Waals surface area (Å²) in [6.07, 6.45) is -6.35. The first-order valence-electron chi connectivity index (χ1n) is 6.24. The summed E-state index contributed by atoms with van der Waals surface area (Å²) in [6, 6.07) is 6.85. The molecule has 1 nitrogen and oxygen atoms in total. The van der Waals surface area contributed by atoms with E-state index in [0.717, 1.165) is 12.2 Å². The first-order chi connectivity index (χ1) is 10.2. The predicted molar refractivity (Wildman–Crippen MR) is 71.3 cm³/mol. The van der Waals surface area contributed by atoms with Crippen molar-refractivity contribution < 1.29 is 26.3 Å². The van der Waals surface area contributed by atoms with Gasteiger partial charge in [0.1, 0.15) is 5.57 Å². The predicted octanol–water partition coefficient (Wildman–Crippen LogP) is 5.01. The highest BCUT2D eigenvalue weighted by molar-refractivity contribution is 5.53. The van der Waals surface area contributed by atoms with Crippen molar-refractivity contribution in [1.29, 1.82) is 0 Å². The van der Waals surface area contributed by atoms with Crippen LogP contribution in [0.4, 0.5) is 32.0 Å². The van der Waals surface area contributed by atoms with Gasteiger partial charge < -0.3 is 5.32 Å². The number of nitrogens with one attached hydrogen (secondary N) is 1. The Hall–Kier alpha value is -2.18. The van der Waals surface area contributed by atoms with E-state index >= 15 is 0 Å². The van der Waals surface area contributed by atoms with Crippen molar-refractivity contribution in [2.75, 3.05) is 5.32 Å². The van der Waals surface area contributed by atoms with Crippen LogP contribution in [0.2, 0.25) is 0 Å². The van der Waals surface area contributed by atoms with E-state index in [9.17, 15) is 26.3 Å². The number of allylic oxidation sites excluding steroid dienone is 3. The fraction of sp³-hybridized carbons (Fsp3) is 0.200. The number of anilines is 1. The third kappa shape index (κ3) is 3.72. The maximum Gasteiger partial charge on any atom is 0.421 e. The van der Waals surface area contributed by atoms with E-state index in [1.165, 1.54) is 12.2 Å². The van der Waals surface area contributed by atoms with Gasteiger partial charge in [0.25, 0.3) is 0 Å². The molecule has 1 aliphatic carbocycles. The van der Waals surface area contributed by atoms with Gasteiger partial charge in [-0.3, -0.25) is 0 Å². The van der Waals surface area contributed by atoms with E-state index in [1.54, 1.807) is 30.3 Å². The monoisotopic (exact) mass is 319 g/mol. The van der Waals surface area contributed by atoms with Crippen molar-refractivity contribution in [3.8, 4) is 0 Å². The normalized spacial score (nSPS) is 18.5. The van der Waals surface area contributed by atoms with Gasteiger partial charge in [-0.05, 0) is 17.7 Å². The van der Waals surface area contributed by atoms with Crippen LogP contribution in [0.25, 0.3) is 0 Å². The van der Waals surface area contributed by atoms with Crippen molar-refractivity contribution in [1.82, 2.24) is 0 Å². The van der Waals surface area contributed by atoms with Crippen LogP contribution in [0.5, 0.6) is 0 Å². The molecule has 0 heterocycles. The molecule has 1 atom stereocenters. The quantitative estimate of drug-likeness (QED) is 0.755. The molecule has 1 aromatic rings. The molecule has 0 saturated heterocycles. The SMILES string of the molecule is FC(F)(F)C(=C1C=CC=CC1Nc1ccccc1)C(F)(F)F. The summed E-state index contributed by atoms with van der Waals surface area (Å²) in [5, 5.41) is 2.66. The summed E-state index contributed by atoms with van der Waals surface area (Å²) in [5.74, 6) is 0. The number of alkyl halides is 6. The summed E-state index contributed by atoms with van der Waals surface area (Å²) < 4.78 is 77.1. The van der Waals surface area contributed by atoms with E-state index in [2.05, 4.69) is 5.32 Å². The zero-order chi connectivity index (χ0) is 16.4. The molecule has 22 heavy (non-hydrogen) atoms. The third-order valence-electron chi connectivity index (χ3n) is 2.98. The van der Waals surface area contributed by atoms with E-state index in [-0.39, 0.29) is 0 Å². The minimum absolute atomic E-state index is 0.425. The highest BCUT2D eigenvalue weighted by Crippen LogP contribution is 2.42. The largest absolute Gasteiger partial charge is 0.421 e. The molecule has 0 amide bonds. The van der Waals surface area contributed by atoms with E-state index in [1.807, 2.05) is 0 Å². The topological polar surface area (TPSA) is 12.0 Å². The molecular formula is C15H11F6N. The van der Waals surface area contributed by atoms with Gasteiger partial charge >= 0.3 is 12.4 Å². The van der Waals surface area contributed by atoms with Gasteiger partial charge in [-0.25, -0.2) is 0 Å². The fourth-order valence-corrected chi connectivity index (χ4v) is 2.11. The van der Waals surface area contributed by atoms with Gasteiger partial charge in [0.2, 0.25) is 0 Å². The second-order valence-electron chi connectivity index (χ2n) is 4.56. The molecule has 1 unspecified atom stereocenters. The summed E-state index contributed by atoms with van der Waals surface area (Å²) in [4.78, 5) is 0. The third-order valence-corrected chi connectivity index (χ3v) is 2.98. The van der Waals surface area contributed by atoms with Crippen LogP contribution in [-0.4, -0.2) is 18.4 Å². The number of benzene rings is 1. The Balaban J connectivity index is 2.46. The van der Waals surface area contributed by atoms with Crippen molar-refractivity contribution in [3.05, 3.63) is 65.8 Å².